The second kappa shape index (κ2) is 8.34. The summed E-state index contributed by atoms with van der Waals surface area (Å²) in [4.78, 5) is 25.7. The van der Waals surface area contributed by atoms with Gasteiger partial charge in [0.05, 0.1) is 6.54 Å². The molecule has 120 valence electrons. The van der Waals surface area contributed by atoms with E-state index in [0.717, 1.165) is 58.0 Å². The molecule has 1 aliphatic heterocycles. The minimum absolute atomic E-state index is 0.217. The number of hydrogen-bond acceptors (Lipinski definition) is 4. The molecule has 21 heavy (non-hydrogen) atoms. The Labute approximate surface area is 127 Å². The summed E-state index contributed by atoms with van der Waals surface area (Å²) in [6.07, 6.45) is 7.67. The highest BCUT2D eigenvalue weighted by Crippen LogP contribution is 2.17. The summed E-state index contributed by atoms with van der Waals surface area (Å²) in [5.74, 6) is -0.217. The minimum atomic E-state index is -0.345. The fourth-order valence-electron chi connectivity index (χ4n) is 3.25. The number of nitrogens with one attached hydrogen (secondary N) is 3. The maximum atomic E-state index is 11.9. The van der Waals surface area contributed by atoms with E-state index in [1.165, 1.54) is 0 Å². The molecule has 2 fully saturated rings. The van der Waals surface area contributed by atoms with E-state index >= 15 is 0 Å². The molecule has 0 radical (unpaired) electrons. The van der Waals surface area contributed by atoms with E-state index in [9.17, 15) is 9.59 Å². The third-order valence-electron chi connectivity index (χ3n) is 4.50. The predicted octanol–water partition coefficient (Wildman–Crippen LogP) is 0.829. The van der Waals surface area contributed by atoms with Crippen LogP contribution >= 0.6 is 0 Å². The molecule has 1 unspecified atom stereocenters. The van der Waals surface area contributed by atoms with Gasteiger partial charge in [0.2, 0.25) is 5.91 Å². The molecule has 1 aliphatic carbocycles. The second-order valence-electron chi connectivity index (χ2n) is 6.25. The van der Waals surface area contributed by atoms with Gasteiger partial charge in [-0.2, -0.15) is 0 Å². The first-order valence-electron chi connectivity index (χ1n) is 8.16. The summed E-state index contributed by atoms with van der Waals surface area (Å²) < 4.78 is 0. The Bertz CT molecular complexity index is 348. The number of hydrogen-bond donors (Lipinski definition) is 3. The molecule has 2 aliphatic rings. The van der Waals surface area contributed by atoms with Crippen molar-refractivity contribution in [1.82, 2.24) is 20.9 Å². The Morgan fingerprint density at radius 1 is 1.10 bits per heavy atom. The largest absolute Gasteiger partial charge is 0.335 e. The van der Waals surface area contributed by atoms with Gasteiger partial charge in [0.25, 0.3) is 0 Å². The van der Waals surface area contributed by atoms with E-state index in [0.29, 0.717) is 6.04 Å². The maximum Gasteiger partial charge on any atom is 0.321 e. The van der Waals surface area contributed by atoms with Crippen molar-refractivity contribution in [3.8, 4) is 0 Å². The number of rotatable bonds is 4. The van der Waals surface area contributed by atoms with Gasteiger partial charge in [-0.25, -0.2) is 4.79 Å². The van der Waals surface area contributed by atoms with Gasteiger partial charge >= 0.3 is 6.03 Å². The lowest BCUT2D eigenvalue weighted by molar-refractivity contribution is -0.121. The Hall–Kier alpha value is -1.14. The van der Waals surface area contributed by atoms with Crippen LogP contribution in [0.15, 0.2) is 0 Å². The fraction of sp³-hybridized carbons (Fsp3) is 0.867. The lowest BCUT2D eigenvalue weighted by atomic mass is 10.1. The summed E-state index contributed by atoms with van der Waals surface area (Å²) >= 11 is 0. The molecule has 1 saturated heterocycles. The molecule has 1 atom stereocenters. The molecule has 0 aromatic carbocycles. The van der Waals surface area contributed by atoms with Crippen molar-refractivity contribution in [1.29, 1.82) is 0 Å². The van der Waals surface area contributed by atoms with Gasteiger partial charge in [-0.1, -0.05) is 12.8 Å². The first-order chi connectivity index (χ1) is 10.1. The van der Waals surface area contributed by atoms with Gasteiger partial charge in [-0.05, 0) is 52.2 Å². The van der Waals surface area contributed by atoms with Crippen LogP contribution in [0.3, 0.4) is 0 Å². The van der Waals surface area contributed by atoms with Crippen molar-refractivity contribution in [2.45, 2.75) is 57.0 Å². The van der Waals surface area contributed by atoms with Gasteiger partial charge in [-0.15, -0.1) is 0 Å². The third-order valence-corrected chi connectivity index (χ3v) is 4.50. The van der Waals surface area contributed by atoms with Crippen molar-refractivity contribution in [2.75, 3.05) is 26.7 Å². The Morgan fingerprint density at radius 3 is 2.62 bits per heavy atom. The van der Waals surface area contributed by atoms with Crippen LogP contribution in [0.2, 0.25) is 0 Å². The monoisotopic (exact) mass is 296 g/mol. The second-order valence-corrected chi connectivity index (χ2v) is 6.25. The maximum absolute atomic E-state index is 11.9. The van der Waals surface area contributed by atoms with Crippen LogP contribution in [-0.2, 0) is 4.79 Å². The fourth-order valence-corrected chi connectivity index (χ4v) is 3.25. The summed E-state index contributed by atoms with van der Waals surface area (Å²) in [5, 5.41) is 8.69. The molecule has 1 heterocycles. The zero-order valence-corrected chi connectivity index (χ0v) is 13.0. The summed E-state index contributed by atoms with van der Waals surface area (Å²) in [7, 11) is 1.96. The average molecular weight is 296 g/mol. The minimum Gasteiger partial charge on any atom is -0.335 e. The van der Waals surface area contributed by atoms with Gasteiger partial charge in [0.1, 0.15) is 0 Å². The molecule has 1 saturated carbocycles. The molecular weight excluding hydrogens is 268 g/mol. The molecule has 0 spiro atoms. The SMILES string of the molecule is CN(CC(=O)NC(=O)NC1CCCC1)C1CCCNCC1. The zero-order chi connectivity index (χ0) is 15.1. The first-order valence-corrected chi connectivity index (χ1v) is 8.16. The number of amides is 3. The lowest BCUT2D eigenvalue weighted by Gasteiger charge is -2.26. The molecule has 2 rings (SSSR count). The Kier molecular flexibility index (Phi) is 6.45. The van der Waals surface area contributed by atoms with Gasteiger partial charge in [0, 0.05) is 12.1 Å². The molecular formula is C15H28N4O2. The van der Waals surface area contributed by atoms with Crippen molar-refractivity contribution in [3.63, 3.8) is 0 Å². The van der Waals surface area contributed by atoms with E-state index in [-0.39, 0.29) is 24.5 Å². The lowest BCUT2D eigenvalue weighted by Crippen LogP contribution is -2.48. The highest BCUT2D eigenvalue weighted by molar-refractivity contribution is 5.95. The standard InChI is InChI=1S/C15H28N4O2/c1-19(13-7-4-9-16-10-8-13)11-14(20)18-15(21)17-12-5-2-3-6-12/h12-13,16H,2-11H2,1H3,(H2,17,18,20,21). The number of carbonyl (C=O) groups excluding carboxylic acids is 2. The number of imide groups is 1. The Morgan fingerprint density at radius 2 is 1.86 bits per heavy atom. The predicted molar refractivity (Wildman–Crippen MR) is 82.1 cm³/mol. The Balaban J connectivity index is 1.68. The van der Waals surface area contributed by atoms with Crippen LogP contribution in [0.4, 0.5) is 4.79 Å². The van der Waals surface area contributed by atoms with E-state index in [1.807, 2.05) is 7.05 Å². The van der Waals surface area contributed by atoms with Crippen LogP contribution in [0.1, 0.15) is 44.9 Å². The van der Waals surface area contributed by atoms with Crippen LogP contribution in [-0.4, -0.2) is 55.6 Å². The van der Waals surface area contributed by atoms with Gasteiger partial charge < -0.3 is 10.6 Å². The van der Waals surface area contributed by atoms with E-state index < -0.39 is 0 Å². The van der Waals surface area contributed by atoms with E-state index in [2.05, 4.69) is 20.9 Å². The van der Waals surface area contributed by atoms with Crippen molar-refractivity contribution in [3.05, 3.63) is 0 Å². The van der Waals surface area contributed by atoms with Crippen LogP contribution in [0, 0.1) is 0 Å². The highest BCUT2D eigenvalue weighted by Gasteiger charge is 2.21. The van der Waals surface area contributed by atoms with Crippen molar-refractivity contribution in [2.24, 2.45) is 0 Å². The normalized spacial score (nSPS) is 23.8. The third kappa shape index (κ3) is 5.63. The number of carbonyl (C=O) groups is 2. The number of nitrogens with zero attached hydrogens (tertiary/aromatic N) is 1. The van der Waals surface area contributed by atoms with Crippen LogP contribution in [0.5, 0.6) is 0 Å². The average Bonchev–Trinajstić information content (AvgIpc) is 2.78. The summed E-state index contributed by atoms with van der Waals surface area (Å²) in [5.41, 5.74) is 0. The van der Waals surface area contributed by atoms with E-state index in [4.69, 9.17) is 0 Å². The number of urea groups is 1. The van der Waals surface area contributed by atoms with Crippen molar-refractivity contribution >= 4 is 11.9 Å². The number of likely N-dealkylation sites (N-methyl/N-ethyl adjacent to an activating group) is 1. The molecule has 3 amide bonds. The van der Waals surface area contributed by atoms with E-state index in [1.54, 1.807) is 0 Å². The molecule has 0 aromatic heterocycles. The summed E-state index contributed by atoms with van der Waals surface area (Å²) in [6, 6.07) is 0.315. The van der Waals surface area contributed by atoms with Crippen LogP contribution < -0.4 is 16.0 Å². The summed E-state index contributed by atoms with van der Waals surface area (Å²) in [6.45, 7) is 2.34. The molecule has 6 nitrogen and oxygen atoms in total. The zero-order valence-electron chi connectivity index (χ0n) is 13.0. The molecule has 3 N–H and O–H groups in total. The molecule has 6 heteroatoms. The highest BCUT2D eigenvalue weighted by atomic mass is 16.2. The molecule has 0 aromatic rings. The van der Waals surface area contributed by atoms with Crippen LogP contribution in [0.25, 0.3) is 0 Å². The smallest absolute Gasteiger partial charge is 0.321 e. The van der Waals surface area contributed by atoms with Crippen molar-refractivity contribution < 1.29 is 9.59 Å². The topological polar surface area (TPSA) is 73.5 Å². The molecule has 0 bridgehead atoms. The van der Waals surface area contributed by atoms with Gasteiger partial charge in [-0.3, -0.25) is 15.0 Å². The first kappa shape index (κ1) is 16.2. The van der Waals surface area contributed by atoms with Gasteiger partial charge in [0.15, 0.2) is 0 Å². The quantitative estimate of drug-likeness (QED) is 0.718.